The van der Waals surface area contributed by atoms with Gasteiger partial charge in [0.05, 0.1) is 10.6 Å². The van der Waals surface area contributed by atoms with E-state index in [1.807, 2.05) is 36.6 Å². The Balaban J connectivity index is 1.31. The molecule has 0 spiro atoms. The van der Waals surface area contributed by atoms with Crippen molar-refractivity contribution in [3.63, 3.8) is 0 Å². The number of aryl methyl sites for hydroxylation is 1. The highest BCUT2D eigenvalue weighted by Gasteiger charge is 2.36. The number of carbonyl (C=O) groups is 1. The second-order valence-corrected chi connectivity index (χ2v) is 11.1. The molecule has 9 heteroatoms. The average Bonchev–Trinajstić information content (AvgIpc) is 3.25. The molecule has 1 N–H and O–H groups in total. The molecule has 0 unspecified atom stereocenters. The summed E-state index contributed by atoms with van der Waals surface area (Å²) in [5.41, 5.74) is 2.14. The Morgan fingerprint density at radius 2 is 1.84 bits per heavy atom. The standard InChI is InChI=1S/C22H17N3O3S3/c1-14-13-29-22(23-14)30-17-10-8-16(9-11-17)24-20(26)12-25-18-6-2-4-15-5-3-7-19(21(15)18)31(25,27)28/h2-11,13H,12H2,1H3,(H,24,26). The Bertz CT molecular complexity index is 1410. The summed E-state index contributed by atoms with van der Waals surface area (Å²) in [6.07, 6.45) is 0. The SMILES string of the molecule is Cc1csc(Sc2ccc(NC(=O)CN3c4cccc5cccc(c45)S3(=O)=O)cc2)n1. The Kier molecular flexibility index (Phi) is 4.96. The first-order valence-electron chi connectivity index (χ1n) is 9.46. The van der Waals surface area contributed by atoms with Crippen LogP contribution in [0.1, 0.15) is 5.69 Å². The second kappa shape index (κ2) is 7.67. The fourth-order valence-electron chi connectivity index (χ4n) is 3.55. The maximum Gasteiger partial charge on any atom is 0.265 e. The third-order valence-corrected chi connectivity index (χ3v) is 8.78. The molecular formula is C22H17N3O3S3. The molecule has 0 aliphatic carbocycles. The highest BCUT2D eigenvalue weighted by molar-refractivity contribution is 8.01. The van der Waals surface area contributed by atoms with Crippen molar-refractivity contribution in [1.82, 2.24) is 4.98 Å². The van der Waals surface area contributed by atoms with Gasteiger partial charge in [0, 0.05) is 27.0 Å². The summed E-state index contributed by atoms with van der Waals surface area (Å²) in [5, 5.41) is 6.30. The molecule has 0 atom stereocenters. The lowest BCUT2D eigenvalue weighted by atomic mass is 10.1. The number of amides is 1. The molecule has 6 nitrogen and oxygen atoms in total. The van der Waals surface area contributed by atoms with Crippen LogP contribution in [0.4, 0.5) is 11.4 Å². The topological polar surface area (TPSA) is 79.4 Å². The number of hydrogen-bond donors (Lipinski definition) is 1. The monoisotopic (exact) mass is 467 g/mol. The van der Waals surface area contributed by atoms with Gasteiger partial charge in [-0.15, -0.1) is 11.3 Å². The lowest BCUT2D eigenvalue weighted by Crippen LogP contribution is -2.35. The number of aromatic nitrogens is 1. The van der Waals surface area contributed by atoms with E-state index in [1.54, 1.807) is 59.5 Å². The van der Waals surface area contributed by atoms with Crippen molar-refractivity contribution in [2.45, 2.75) is 21.1 Å². The van der Waals surface area contributed by atoms with Gasteiger partial charge in [-0.2, -0.15) is 0 Å². The maximum absolute atomic E-state index is 13.0. The molecule has 0 saturated carbocycles. The summed E-state index contributed by atoms with van der Waals surface area (Å²) in [6, 6.07) is 18.0. The zero-order chi connectivity index (χ0) is 21.6. The summed E-state index contributed by atoms with van der Waals surface area (Å²) >= 11 is 3.15. The van der Waals surface area contributed by atoms with Crippen LogP contribution in [0.2, 0.25) is 0 Å². The molecule has 1 aliphatic heterocycles. The molecule has 1 aliphatic rings. The highest BCUT2D eigenvalue weighted by atomic mass is 32.2. The van der Waals surface area contributed by atoms with Crippen LogP contribution in [0.5, 0.6) is 0 Å². The molecule has 2 heterocycles. The van der Waals surface area contributed by atoms with Crippen molar-refractivity contribution < 1.29 is 13.2 Å². The Hall–Kier alpha value is -2.88. The molecule has 3 aromatic carbocycles. The van der Waals surface area contributed by atoms with Gasteiger partial charge >= 0.3 is 0 Å². The van der Waals surface area contributed by atoms with Crippen LogP contribution < -0.4 is 9.62 Å². The molecule has 31 heavy (non-hydrogen) atoms. The molecular weight excluding hydrogens is 450 g/mol. The minimum absolute atomic E-state index is 0.243. The highest BCUT2D eigenvalue weighted by Crippen LogP contribution is 2.41. The lowest BCUT2D eigenvalue weighted by Gasteiger charge is -2.18. The van der Waals surface area contributed by atoms with Gasteiger partial charge in [0.1, 0.15) is 6.54 Å². The number of hydrogen-bond acceptors (Lipinski definition) is 6. The van der Waals surface area contributed by atoms with Crippen molar-refractivity contribution in [3.05, 3.63) is 71.7 Å². The number of sulfonamides is 1. The summed E-state index contributed by atoms with van der Waals surface area (Å²) < 4.78 is 28.2. The Morgan fingerprint density at radius 3 is 2.55 bits per heavy atom. The first kappa shape index (κ1) is 20.0. The molecule has 0 fully saturated rings. The molecule has 4 aromatic rings. The molecule has 1 aromatic heterocycles. The minimum Gasteiger partial charge on any atom is -0.325 e. The van der Waals surface area contributed by atoms with Crippen LogP contribution >= 0.6 is 23.1 Å². The van der Waals surface area contributed by atoms with Gasteiger partial charge in [-0.1, -0.05) is 36.0 Å². The van der Waals surface area contributed by atoms with E-state index in [-0.39, 0.29) is 11.4 Å². The first-order chi connectivity index (χ1) is 14.9. The number of nitrogens with one attached hydrogen (secondary N) is 1. The summed E-state index contributed by atoms with van der Waals surface area (Å²) in [6.45, 7) is 1.67. The summed E-state index contributed by atoms with van der Waals surface area (Å²) in [7, 11) is -3.76. The average molecular weight is 468 g/mol. The van der Waals surface area contributed by atoms with Crippen LogP contribution in [-0.4, -0.2) is 25.9 Å². The van der Waals surface area contributed by atoms with Gasteiger partial charge in [-0.25, -0.2) is 13.4 Å². The quantitative estimate of drug-likeness (QED) is 0.451. The largest absolute Gasteiger partial charge is 0.325 e. The minimum atomic E-state index is -3.76. The van der Waals surface area contributed by atoms with E-state index >= 15 is 0 Å². The third kappa shape index (κ3) is 3.69. The van der Waals surface area contributed by atoms with Crippen molar-refractivity contribution >= 4 is 61.2 Å². The predicted octanol–water partition coefficient (Wildman–Crippen LogP) is 4.90. The molecule has 0 saturated heterocycles. The number of benzene rings is 3. The Labute approximate surface area is 188 Å². The number of nitrogens with zero attached hydrogens (tertiary/aromatic N) is 2. The fourth-order valence-corrected chi connectivity index (χ4v) is 7.02. The Morgan fingerprint density at radius 1 is 1.10 bits per heavy atom. The molecule has 5 rings (SSSR count). The van der Waals surface area contributed by atoms with E-state index in [0.29, 0.717) is 16.8 Å². The van der Waals surface area contributed by atoms with Gasteiger partial charge in [-0.05, 0) is 48.7 Å². The van der Waals surface area contributed by atoms with E-state index in [1.165, 1.54) is 4.31 Å². The number of carbonyl (C=O) groups excluding carboxylic acids is 1. The van der Waals surface area contributed by atoms with Crippen LogP contribution in [-0.2, 0) is 14.8 Å². The van der Waals surface area contributed by atoms with Gasteiger partial charge in [-0.3, -0.25) is 9.10 Å². The lowest BCUT2D eigenvalue weighted by molar-refractivity contribution is -0.114. The predicted molar refractivity (Wildman–Crippen MR) is 125 cm³/mol. The van der Waals surface area contributed by atoms with Crippen molar-refractivity contribution in [3.8, 4) is 0 Å². The zero-order valence-corrected chi connectivity index (χ0v) is 18.9. The number of thiazole rings is 1. The van der Waals surface area contributed by atoms with Crippen LogP contribution in [0.25, 0.3) is 10.8 Å². The normalized spacial score (nSPS) is 14.2. The molecule has 1 amide bonds. The third-order valence-electron chi connectivity index (χ3n) is 4.91. The van der Waals surface area contributed by atoms with Gasteiger partial charge < -0.3 is 5.32 Å². The van der Waals surface area contributed by atoms with Gasteiger partial charge in [0.25, 0.3) is 10.0 Å². The maximum atomic E-state index is 13.0. The molecule has 0 bridgehead atoms. The second-order valence-electron chi connectivity index (χ2n) is 7.07. The summed E-state index contributed by atoms with van der Waals surface area (Å²) in [4.78, 5) is 18.4. The van der Waals surface area contributed by atoms with Crippen LogP contribution in [0, 0.1) is 6.92 Å². The number of anilines is 2. The van der Waals surface area contributed by atoms with E-state index in [4.69, 9.17) is 0 Å². The molecule has 0 radical (unpaired) electrons. The van der Waals surface area contributed by atoms with Crippen molar-refractivity contribution in [1.29, 1.82) is 0 Å². The van der Waals surface area contributed by atoms with Crippen LogP contribution in [0.3, 0.4) is 0 Å². The zero-order valence-electron chi connectivity index (χ0n) is 16.4. The summed E-state index contributed by atoms with van der Waals surface area (Å²) in [5.74, 6) is -0.399. The van der Waals surface area contributed by atoms with E-state index < -0.39 is 15.9 Å². The smallest absolute Gasteiger partial charge is 0.265 e. The molecule has 156 valence electrons. The van der Waals surface area contributed by atoms with E-state index in [0.717, 1.165) is 20.3 Å². The van der Waals surface area contributed by atoms with Crippen LogP contribution in [0.15, 0.2) is 80.2 Å². The van der Waals surface area contributed by atoms with E-state index in [2.05, 4.69) is 10.3 Å². The fraction of sp³-hybridized carbons (Fsp3) is 0.0909. The van der Waals surface area contributed by atoms with Gasteiger partial charge in [0.15, 0.2) is 4.34 Å². The van der Waals surface area contributed by atoms with Crippen molar-refractivity contribution in [2.24, 2.45) is 0 Å². The van der Waals surface area contributed by atoms with E-state index in [9.17, 15) is 13.2 Å². The first-order valence-corrected chi connectivity index (χ1v) is 12.6. The van der Waals surface area contributed by atoms with Crippen molar-refractivity contribution in [2.75, 3.05) is 16.2 Å². The van der Waals surface area contributed by atoms with Gasteiger partial charge in [0.2, 0.25) is 5.91 Å². The number of rotatable bonds is 5.